The van der Waals surface area contributed by atoms with E-state index in [-0.39, 0.29) is 12.3 Å². The first-order valence-electron chi connectivity index (χ1n) is 9.52. The van der Waals surface area contributed by atoms with E-state index in [1.54, 1.807) is 29.2 Å². The van der Waals surface area contributed by atoms with Gasteiger partial charge in [-0.15, -0.1) is 0 Å². The van der Waals surface area contributed by atoms with Crippen molar-refractivity contribution in [2.75, 3.05) is 32.9 Å². The lowest BCUT2D eigenvalue weighted by atomic mass is 10.1. The fraction of sp³-hybridized carbons (Fsp3) is 0.364. The molecule has 2 N–H and O–H groups in total. The number of rotatable bonds is 12. The van der Waals surface area contributed by atoms with Gasteiger partial charge in [-0.1, -0.05) is 30.3 Å². The topological polar surface area (TPSA) is 81.9 Å². The van der Waals surface area contributed by atoms with Crippen molar-refractivity contribution in [3.8, 4) is 5.75 Å². The molecule has 0 saturated carbocycles. The molecule has 0 atom stereocenters. The van der Waals surface area contributed by atoms with Crippen molar-refractivity contribution in [1.82, 2.24) is 4.90 Å². The van der Waals surface area contributed by atoms with Gasteiger partial charge in [0.1, 0.15) is 12.4 Å². The van der Waals surface area contributed by atoms with Crippen molar-refractivity contribution in [3.05, 3.63) is 65.7 Å². The van der Waals surface area contributed by atoms with Crippen LogP contribution >= 0.6 is 0 Å². The number of benzene rings is 2. The molecule has 2 aromatic carbocycles. The number of nitrogens with zero attached hydrogens (tertiary/aromatic N) is 1. The third-order valence-corrected chi connectivity index (χ3v) is 4.23. The van der Waals surface area contributed by atoms with Gasteiger partial charge in [0, 0.05) is 31.7 Å². The van der Waals surface area contributed by atoms with E-state index in [2.05, 4.69) is 0 Å². The number of nitrogens with two attached hydrogens (primary N) is 1. The Labute approximate surface area is 166 Å². The third kappa shape index (κ3) is 7.40. The molecule has 6 nitrogen and oxygen atoms in total. The highest BCUT2D eigenvalue weighted by atomic mass is 16.5. The molecule has 0 fully saturated rings. The molecule has 0 aliphatic rings. The molecule has 2 aromatic rings. The molecule has 0 radical (unpaired) electrons. The van der Waals surface area contributed by atoms with Crippen LogP contribution in [0.4, 0.5) is 0 Å². The second-order valence-electron chi connectivity index (χ2n) is 6.31. The van der Waals surface area contributed by atoms with Crippen LogP contribution in [0.2, 0.25) is 0 Å². The van der Waals surface area contributed by atoms with E-state index in [1.165, 1.54) is 0 Å². The van der Waals surface area contributed by atoms with E-state index in [9.17, 15) is 9.59 Å². The van der Waals surface area contributed by atoms with Crippen molar-refractivity contribution in [1.29, 1.82) is 0 Å². The molecule has 0 spiro atoms. The number of ether oxygens (including phenoxy) is 2. The summed E-state index contributed by atoms with van der Waals surface area (Å²) in [5.41, 5.74) is 6.96. The van der Waals surface area contributed by atoms with Crippen LogP contribution in [0.1, 0.15) is 29.3 Å². The second-order valence-corrected chi connectivity index (χ2v) is 6.31. The normalized spacial score (nSPS) is 10.5. The van der Waals surface area contributed by atoms with E-state index in [0.29, 0.717) is 50.6 Å². The van der Waals surface area contributed by atoms with E-state index in [0.717, 1.165) is 5.56 Å². The van der Waals surface area contributed by atoms with E-state index in [1.807, 2.05) is 37.3 Å². The summed E-state index contributed by atoms with van der Waals surface area (Å²) in [7, 11) is 0. The largest absolute Gasteiger partial charge is 0.491 e. The molecule has 150 valence electrons. The molecule has 2 rings (SSSR count). The number of carbonyl (C=O) groups is 2. The summed E-state index contributed by atoms with van der Waals surface area (Å²) >= 11 is 0. The molecule has 28 heavy (non-hydrogen) atoms. The van der Waals surface area contributed by atoms with Crippen LogP contribution in [0.15, 0.2) is 54.6 Å². The maximum absolute atomic E-state index is 12.9. The Morgan fingerprint density at radius 1 is 0.964 bits per heavy atom. The minimum atomic E-state index is -0.421. The van der Waals surface area contributed by atoms with Crippen molar-refractivity contribution < 1.29 is 19.1 Å². The number of carbonyl (C=O) groups excluding carboxylic acids is 2. The first-order chi connectivity index (χ1) is 13.6. The van der Waals surface area contributed by atoms with Crippen molar-refractivity contribution in [2.45, 2.75) is 19.8 Å². The summed E-state index contributed by atoms with van der Waals surface area (Å²) in [4.78, 5) is 25.8. The summed E-state index contributed by atoms with van der Waals surface area (Å²) in [5, 5.41) is 0. The van der Waals surface area contributed by atoms with Gasteiger partial charge in [-0.25, -0.2) is 0 Å². The van der Waals surface area contributed by atoms with Gasteiger partial charge < -0.3 is 20.1 Å². The smallest absolute Gasteiger partial charge is 0.253 e. The average molecular weight is 384 g/mol. The van der Waals surface area contributed by atoms with Gasteiger partial charge in [0.05, 0.1) is 6.61 Å². The molecule has 2 amide bonds. The first-order valence-corrected chi connectivity index (χ1v) is 9.52. The highest BCUT2D eigenvalue weighted by Crippen LogP contribution is 2.15. The van der Waals surface area contributed by atoms with Gasteiger partial charge in [0.2, 0.25) is 5.91 Å². The monoisotopic (exact) mass is 384 g/mol. The van der Waals surface area contributed by atoms with Crippen molar-refractivity contribution in [3.63, 3.8) is 0 Å². The predicted molar refractivity (Wildman–Crippen MR) is 108 cm³/mol. The molecule has 6 heteroatoms. The Balaban J connectivity index is 1.98. The van der Waals surface area contributed by atoms with Crippen LogP contribution in [0.25, 0.3) is 0 Å². The molecule has 0 aliphatic heterocycles. The maximum Gasteiger partial charge on any atom is 0.253 e. The quantitative estimate of drug-likeness (QED) is 0.571. The number of primary amides is 1. The van der Waals surface area contributed by atoms with Crippen LogP contribution in [0.3, 0.4) is 0 Å². The summed E-state index contributed by atoms with van der Waals surface area (Å²) in [6.07, 6.45) is 0.850. The summed E-state index contributed by atoms with van der Waals surface area (Å²) in [6, 6.07) is 16.9. The third-order valence-electron chi connectivity index (χ3n) is 4.23. The van der Waals surface area contributed by atoms with Gasteiger partial charge in [0.15, 0.2) is 0 Å². The molecule has 0 saturated heterocycles. The Morgan fingerprint density at radius 3 is 2.32 bits per heavy atom. The van der Waals surface area contributed by atoms with Gasteiger partial charge >= 0.3 is 0 Å². The average Bonchev–Trinajstić information content (AvgIpc) is 2.72. The summed E-state index contributed by atoms with van der Waals surface area (Å²) < 4.78 is 10.8. The Morgan fingerprint density at radius 2 is 1.68 bits per heavy atom. The first kappa shape index (κ1) is 21.4. The van der Waals surface area contributed by atoms with E-state index < -0.39 is 5.91 Å². The summed E-state index contributed by atoms with van der Waals surface area (Å²) in [5.74, 6) is 0.137. The highest BCUT2D eigenvalue weighted by Gasteiger charge is 2.16. The van der Waals surface area contributed by atoms with Crippen LogP contribution in [-0.4, -0.2) is 49.6 Å². The Kier molecular flexibility index (Phi) is 9.01. The fourth-order valence-corrected chi connectivity index (χ4v) is 2.71. The maximum atomic E-state index is 12.9. The highest BCUT2D eigenvalue weighted by molar-refractivity contribution is 5.94. The van der Waals surface area contributed by atoms with E-state index >= 15 is 0 Å². The summed E-state index contributed by atoms with van der Waals surface area (Å²) in [6.45, 7) is 4.39. The van der Waals surface area contributed by atoms with Crippen LogP contribution in [0, 0.1) is 0 Å². The lowest BCUT2D eigenvalue weighted by molar-refractivity contribution is -0.118. The number of hydrogen-bond donors (Lipinski definition) is 1. The molecule has 0 heterocycles. The molecule has 0 bridgehead atoms. The van der Waals surface area contributed by atoms with Gasteiger partial charge in [-0.05, 0) is 43.2 Å². The standard InChI is InChI=1S/C22H28N2O4/c1-2-27-16-17-28-20-10-8-19(9-11-20)22(26)24(15-13-21(23)25)14-12-18-6-4-3-5-7-18/h3-11H,2,12-17H2,1H3,(H2,23,25). The minimum Gasteiger partial charge on any atom is -0.491 e. The Hall–Kier alpha value is -2.86. The molecule has 0 aromatic heterocycles. The van der Waals surface area contributed by atoms with Crippen molar-refractivity contribution >= 4 is 11.8 Å². The lowest BCUT2D eigenvalue weighted by Gasteiger charge is -2.22. The van der Waals surface area contributed by atoms with Crippen LogP contribution < -0.4 is 10.5 Å². The fourth-order valence-electron chi connectivity index (χ4n) is 2.71. The van der Waals surface area contributed by atoms with Gasteiger partial charge in [-0.2, -0.15) is 0 Å². The minimum absolute atomic E-state index is 0.127. The Bertz CT molecular complexity index is 732. The second kappa shape index (κ2) is 11.8. The lowest BCUT2D eigenvalue weighted by Crippen LogP contribution is -2.35. The number of amides is 2. The zero-order chi connectivity index (χ0) is 20.2. The molecular weight excluding hydrogens is 356 g/mol. The zero-order valence-corrected chi connectivity index (χ0v) is 16.3. The predicted octanol–water partition coefficient (Wildman–Crippen LogP) is 2.66. The van der Waals surface area contributed by atoms with Crippen molar-refractivity contribution in [2.24, 2.45) is 5.73 Å². The molecule has 0 aliphatic carbocycles. The molecular formula is C22H28N2O4. The van der Waals surface area contributed by atoms with Gasteiger partial charge in [0.25, 0.3) is 5.91 Å². The van der Waals surface area contributed by atoms with E-state index in [4.69, 9.17) is 15.2 Å². The van der Waals surface area contributed by atoms with Gasteiger partial charge in [-0.3, -0.25) is 9.59 Å². The van der Waals surface area contributed by atoms with Crippen LogP contribution in [-0.2, 0) is 16.0 Å². The SMILES string of the molecule is CCOCCOc1ccc(C(=O)N(CCC(N)=O)CCc2ccccc2)cc1. The number of hydrogen-bond acceptors (Lipinski definition) is 4. The molecule has 0 unspecified atom stereocenters. The van der Waals surface area contributed by atoms with Crippen LogP contribution in [0.5, 0.6) is 5.75 Å². The zero-order valence-electron chi connectivity index (χ0n) is 16.3.